The average Bonchev–Trinajstić information content (AvgIpc) is 3.44. The Balaban J connectivity index is 1.32. The molecule has 0 fully saturated rings. The largest absolute Gasteiger partial charge is 0.456 e. The first-order valence-electron chi connectivity index (χ1n) is 14.7. The quantitative estimate of drug-likeness (QED) is 0.138. The fraction of sp³-hybridized carbons (Fsp3) is 0.222. The zero-order chi connectivity index (χ0) is 32.2. The van der Waals surface area contributed by atoms with Crippen LogP contribution in [-0.4, -0.2) is 30.5 Å². The van der Waals surface area contributed by atoms with E-state index in [9.17, 15) is 18.0 Å². The second-order valence-electron chi connectivity index (χ2n) is 12.1. The Morgan fingerprint density at radius 2 is 1.44 bits per heavy atom. The Kier molecular flexibility index (Phi) is 9.22. The van der Waals surface area contributed by atoms with Crippen LogP contribution >= 0.6 is 0 Å². The van der Waals surface area contributed by atoms with Crippen molar-refractivity contribution in [2.75, 3.05) is 16.4 Å². The number of nitrogens with one attached hydrogen (secondary N) is 2. The van der Waals surface area contributed by atoms with E-state index in [0.29, 0.717) is 17.8 Å². The monoisotopic (exact) mass is 624 g/mol. The third-order valence-electron chi connectivity index (χ3n) is 7.62. The summed E-state index contributed by atoms with van der Waals surface area (Å²) in [6.45, 7) is 6.43. The number of carbonyl (C=O) groups is 2. The minimum Gasteiger partial charge on any atom is -0.456 e. The Hall–Kier alpha value is -4.73. The summed E-state index contributed by atoms with van der Waals surface area (Å²) in [6, 6.07) is 32.6. The summed E-state index contributed by atoms with van der Waals surface area (Å²) in [5.74, 6) is -1.07. The maximum Gasteiger partial charge on any atom is 0.265 e. The summed E-state index contributed by atoms with van der Waals surface area (Å²) in [7, 11) is -4.22. The molecule has 0 aliphatic carbocycles. The molecule has 0 aliphatic heterocycles. The van der Waals surface area contributed by atoms with Crippen molar-refractivity contribution in [3.8, 4) is 11.3 Å². The molecule has 5 rings (SSSR count). The van der Waals surface area contributed by atoms with Crippen LogP contribution in [0.4, 0.5) is 11.4 Å². The van der Waals surface area contributed by atoms with Gasteiger partial charge in [0.15, 0.2) is 0 Å². The van der Waals surface area contributed by atoms with E-state index in [4.69, 9.17) is 8.97 Å². The van der Waals surface area contributed by atoms with Gasteiger partial charge in [0.05, 0.1) is 11.7 Å². The third kappa shape index (κ3) is 8.47. The number of benzene rings is 4. The normalized spacial score (nSPS) is 12.5. The number of hydrogen-bond acceptors (Lipinski definition) is 5. The molecule has 8 nitrogen and oxygen atoms in total. The molecule has 0 bridgehead atoms. The average molecular weight is 625 g/mol. The maximum atomic E-state index is 13.8. The summed E-state index contributed by atoms with van der Waals surface area (Å²) < 4.78 is 36.7. The lowest BCUT2D eigenvalue weighted by molar-refractivity contribution is -0.117. The molecule has 5 aromatic rings. The van der Waals surface area contributed by atoms with Gasteiger partial charge in [0.1, 0.15) is 11.3 Å². The first-order chi connectivity index (χ1) is 21.3. The van der Waals surface area contributed by atoms with Crippen LogP contribution in [0.2, 0.25) is 0 Å². The summed E-state index contributed by atoms with van der Waals surface area (Å²) in [5.41, 5.74) is 5.77. The SMILES string of the molecule is CC(C)(C)c1ccc(C(Cc2ccc(NC(=O)CCS(=O)(=O)O)cc2)C(=O)Nc2ccc(-c3cc4ccccc4o3)cc2)cc1. The number of anilines is 2. The molecular weight excluding hydrogens is 588 g/mol. The highest BCUT2D eigenvalue weighted by atomic mass is 32.2. The van der Waals surface area contributed by atoms with Crippen LogP contribution < -0.4 is 10.6 Å². The van der Waals surface area contributed by atoms with Gasteiger partial charge in [-0.05, 0) is 77.1 Å². The van der Waals surface area contributed by atoms with Crippen molar-refractivity contribution >= 4 is 44.3 Å². The number of amides is 2. The van der Waals surface area contributed by atoms with Crippen molar-refractivity contribution in [1.29, 1.82) is 0 Å². The second kappa shape index (κ2) is 13.1. The van der Waals surface area contributed by atoms with Crippen LogP contribution in [0.15, 0.2) is 108 Å². The van der Waals surface area contributed by atoms with Gasteiger partial charge in [-0.3, -0.25) is 14.1 Å². The lowest BCUT2D eigenvalue weighted by Gasteiger charge is -2.22. The molecule has 1 heterocycles. The Morgan fingerprint density at radius 1 is 0.822 bits per heavy atom. The van der Waals surface area contributed by atoms with Gasteiger partial charge in [-0.25, -0.2) is 0 Å². The summed E-state index contributed by atoms with van der Waals surface area (Å²) >= 11 is 0. The number of hydrogen-bond donors (Lipinski definition) is 3. The zero-order valence-electron chi connectivity index (χ0n) is 25.4. The minimum absolute atomic E-state index is 0.0283. The molecule has 0 saturated carbocycles. The van der Waals surface area contributed by atoms with Crippen LogP contribution in [0, 0.1) is 0 Å². The number of rotatable bonds is 10. The third-order valence-corrected chi connectivity index (χ3v) is 8.34. The molecule has 1 unspecified atom stereocenters. The Bertz CT molecular complexity index is 1870. The number of furan rings is 1. The molecule has 2 amide bonds. The van der Waals surface area contributed by atoms with E-state index in [1.165, 1.54) is 5.56 Å². The van der Waals surface area contributed by atoms with E-state index in [1.54, 1.807) is 12.1 Å². The topological polar surface area (TPSA) is 126 Å². The van der Waals surface area contributed by atoms with Gasteiger partial charge in [-0.1, -0.05) is 75.4 Å². The van der Waals surface area contributed by atoms with Crippen molar-refractivity contribution in [3.05, 3.63) is 120 Å². The van der Waals surface area contributed by atoms with Gasteiger partial charge in [0, 0.05) is 28.7 Å². The second-order valence-corrected chi connectivity index (χ2v) is 13.7. The first-order valence-corrected chi connectivity index (χ1v) is 16.3. The van der Waals surface area contributed by atoms with E-state index < -0.39 is 27.7 Å². The summed E-state index contributed by atoms with van der Waals surface area (Å²) in [5, 5.41) is 6.73. The van der Waals surface area contributed by atoms with Gasteiger partial charge in [0.2, 0.25) is 11.8 Å². The molecule has 4 aromatic carbocycles. The summed E-state index contributed by atoms with van der Waals surface area (Å²) in [6.07, 6.45) is 0.0569. The fourth-order valence-electron chi connectivity index (χ4n) is 5.05. The van der Waals surface area contributed by atoms with E-state index in [-0.39, 0.29) is 17.7 Å². The van der Waals surface area contributed by atoms with Crippen molar-refractivity contribution in [2.45, 2.75) is 44.9 Å². The highest BCUT2D eigenvalue weighted by Crippen LogP contribution is 2.30. The van der Waals surface area contributed by atoms with Gasteiger partial charge in [-0.2, -0.15) is 8.42 Å². The predicted molar refractivity (Wildman–Crippen MR) is 178 cm³/mol. The van der Waals surface area contributed by atoms with Gasteiger partial charge >= 0.3 is 0 Å². The van der Waals surface area contributed by atoms with Gasteiger partial charge in [0.25, 0.3) is 10.1 Å². The molecule has 0 aliphatic rings. The van der Waals surface area contributed by atoms with Gasteiger partial charge < -0.3 is 15.1 Å². The van der Waals surface area contributed by atoms with Crippen LogP contribution in [0.25, 0.3) is 22.3 Å². The van der Waals surface area contributed by atoms with Crippen molar-refractivity contribution in [1.82, 2.24) is 0 Å². The molecule has 9 heteroatoms. The number of carbonyl (C=O) groups excluding carboxylic acids is 2. The van der Waals surface area contributed by atoms with E-state index in [0.717, 1.165) is 33.4 Å². The Morgan fingerprint density at radius 3 is 2.07 bits per heavy atom. The van der Waals surface area contributed by atoms with E-state index >= 15 is 0 Å². The smallest absolute Gasteiger partial charge is 0.265 e. The zero-order valence-corrected chi connectivity index (χ0v) is 26.2. The van der Waals surface area contributed by atoms with Crippen molar-refractivity contribution in [3.63, 3.8) is 0 Å². The molecule has 0 spiro atoms. The van der Waals surface area contributed by atoms with E-state index in [2.05, 4.69) is 43.5 Å². The van der Waals surface area contributed by atoms with Gasteiger partial charge in [-0.15, -0.1) is 0 Å². The van der Waals surface area contributed by atoms with Crippen molar-refractivity contribution < 1.29 is 27.0 Å². The lowest BCUT2D eigenvalue weighted by atomic mass is 9.84. The van der Waals surface area contributed by atoms with Crippen LogP contribution in [0.1, 0.15) is 49.8 Å². The molecule has 0 saturated heterocycles. The maximum absolute atomic E-state index is 13.8. The molecule has 1 atom stereocenters. The minimum atomic E-state index is -4.22. The van der Waals surface area contributed by atoms with Crippen LogP contribution in [0.5, 0.6) is 0 Å². The first kappa shape index (κ1) is 31.7. The highest BCUT2D eigenvalue weighted by Gasteiger charge is 2.23. The van der Waals surface area contributed by atoms with Crippen LogP contribution in [0.3, 0.4) is 0 Å². The summed E-state index contributed by atoms with van der Waals surface area (Å²) in [4.78, 5) is 25.8. The molecule has 0 radical (unpaired) electrons. The molecule has 3 N–H and O–H groups in total. The molecule has 1 aromatic heterocycles. The van der Waals surface area contributed by atoms with Crippen molar-refractivity contribution in [2.24, 2.45) is 0 Å². The fourth-order valence-corrected chi connectivity index (χ4v) is 5.50. The molecule has 45 heavy (non-hydrogen) atoms. The molecule has 232 valence electrons. The number of para-hydroxylation sites is 1. The standard InChI is InChI=1S/C36H36N2O6S/c1-36(2,3)28-14-10-25(11-15-28)31(22-24-8-16-29(17-9-24)37-34(39)20-21-45(41,42)43)35(40)38-30-18-12-26(13-19-30)33-23-27-6-4-5-7-32(27)44-33/h4-19,23,31H,20-22H2,1-3H3,(H,37,39)(H,38,40)(H,41,42,43). The predicted octanol–water partition coefficient (Wildman–Crippen LogP) is 7.58. The molecular formula is C36H36N2O6S. The van der Waals surface area contributed by atoms with E-state index in [1.807, 2.05) is 78.9 Å². The Labute approximate surface area is 263 Å². The highest BCUT2D eigenvalue weighted by molar-refractivity contribution is 7.85. The lowest BCUT2D eigenvalue weighted by Crippen LogP contribution is -2.23. The number of fused-ring (bicyclic) bond motifs is 1. The van der Waals surface area contributed by atoms with Crippen LogP contribution in [-0.2, 0) is 31.5 Å².